The summed E-state index contributed by atoms with van der Waals surface area (Å²) in [5, 5.41) is 9.03. The Morgan fingerprint density at radius 3 is 2.64 bits per heavy atom. The maximum atomic E-state index is 12.8. The molecule has 1 N–H and O–H groups in total. The van der Waals surface area contributed by atoms with Crippen LogP contribution in [-0.4, -0.2) is 30.3 Å². The second-order valence-electron chi connectivity index (χ2n) is 2.91. The fourth-order valence-electron chi connectivity index (χ4n) is 1.33. The van der Waals surface area contributed by atoms with Gasteiger partial charge < -0.3 is 9.84 Å². The largest absolute Gasteiger partial charge is 0.393 e. The van der Waals surface area contributed by atoms with Crippen molar-refractivity contribution in [1.82, 2.24) is 0 Å². The van der Waals surface area contributed by atoms with Crippen LogP contribution < -0.4 is 0 Å². The van der Waals surface area contributed by atoms with Gasteiger partial charge in [-0.05, 0) is 6.42 Å². The Bertz CT molecular complexity index is 138. The van der Waals surface area contributed by atoms with Gasteiger partial charge >= 0.3 is 0 Å². The van der Waals surface area contributed by atoms with E-state index in [2.05, 4.69) is 4.74 Å². The van der Waals surface area contributed by atoms with Crippen molar-refractivity contribution in [2.45, 2.75) is 37.4 Å². The topological polar surface area (TPSA) is 29.5 Å². The van der Waals surface area contributed by atoms with E-state index < -0.39 is 18.1 Å². The van der Waals surface area contributed by atoms with Crippen molar-refractivity contribution in [2.24, 2.45) is 0 Å². The number of aliphatic hydroxyl groups excluding tert-OH is 1. The van der Waals surface area contributed by atoms with Crippen LogP contribution in [0.4, 0.5) is 8.78 Å². The Hall–Kier alpha value is -0.220. The molecule has 0 radical (unpaired) electrons. The van der Waals surface area contributed by atoms with Crippen molar-refractivity contribution in [2.75, 3.05) is 7.11 Å². The van der Waals surface area contributed by atoms with Crippen molar-refractivity contribution in [1.29, 1.82) is 0 Å². The van der Waals surface area contributed by atoms with E-state index in [4.69, 9.17) is 5.11 Å². The molecule has 1 saturated carbocycles. The molecule has 2 unspecified atom stereocenters. The molecule has 1 aliphatic carbocycles. The summed E-state index contributed by atoms with van der Waals surface area (Å²) in [6.07, 6.45) is -1.78. The van der Waals surface area contributed by atoms with Gasteiger partial charge in [0.1, 0.15) is 6.10 Å². The molecule has 0 aromatic carbocycles. The smallest absolute Gasteiger partial charge is 0.273 e. The number of alkyl halides is 2. The molecule has 0 aromatic rings. The van der Waals surface area contributed by atoms with E-state index in [1.54, 1.807) is 0 Å². The van der Waals surface area contributed by atoms with Gasteiger partial charge in [-0.1, -0.05) is 0 Å². The number of rotatable bonds is 1. The van der Waals surface area contributed by atoms with Crippen molar-refractivity contribution in [3.63, 3.8) is 0 Å². The minimum absolute atomic E-state index is 0.0451. The van der Waals surface area contributed by atoms with Crippen molar-refractivity contribution >= 4 is 0 Å². The van der Waals surface area contributed by atoms with Crippen LogP contribution in [-0.2, 0) is 4.74 Å². The Kier molecular flexibility index (Phi) is 2.44. The Balaban J connectivity index is 2.56. The molecule has 0 heterocycles. The Labute approximate surface area is 64.2 Å². The van der Waals surface area contributed by atoms with Gasteiger partial charge in [-0.3, -0.25) is 0 Å². The summed E-state index contributed by atoms with van der Waals surface area (Å²) >= 11 is 0. The van der Waals surface area contributed by atoms with Crippen molar-refractivity contribution in [3.8, 4) is 0 Å². The summed E-state index contributed by atoms with van der Waals surface area (Å²) in [5.74, 6) is -2.76. The standard InChI is InChI=1S/C7H12F2O2/c1-11-6-4-5(10)2-3-7(6,8)9/h5-6,10H,2-4H2,1H3. The average Bonchev–Trinajstić information content (AvgIpc) is 1.94. The predicted octanol–water partition coefficient (Wildman–Crippen LogP) is 1.18. The molecule has 2 nitrogen and oxygen atoms in total. The van der Waals surface area contributed by atoms with Gasteiger partial charge in [-0.25, -0.2) is 8.78 Å². The van der Waals surface area contributed by atoms with Gasteiger partial charge in [0.25, 0.3) is 5.92 Å². The van der Waals surface area contributed by atoms with Gasteiger partial charge in [0, 0.05) is 20.0 Å². The van der Waals surface area contributed by atoms with Crippen LogP contribution in [0.3, 0.4) is 0 Å². The van der Waals surface area contributed by atoms with Gasteiger partial charge in [-0.15, -0.1) is 0 Å². The fourth-order valence-corrected chi connectivity index (χ4v) is 1.33. The molecule has 0 bridgehead atoms. The fraction of sp³-hybridized carbons (Fsp3) is 1.00. The van der Waals surface area contributed by atoms with Crippen LogP contribution in [0.2, 0.25) is 0 Å². The first-order valence-electron chi connectivity index (χ1n) is 3.65. The zero-order valence-corrected chi connectivity index (χ0v) is 6.39. The molecule has 0 aromatic heterocycles. The third-order valence-electron chi connectivity index (χ3n) is 2.05. The van der Waals surface area contributed by atoms with Crippen molar-refractivity contribution in [3.05, 3.63) is 0 Å². The van der Waals surface area contributed by atoms with Crippen LogP contribution >= 0.6 is 0 Å². The molecular weight excluding hydrogens is 154 g/mol. The highest BCUT2D eigenvalue weighted by atomic mass is 19.3. The zero-order valence-electron chi connectivity index (χ0n) is 6.39. The maximum absolute atomic E-state index is 12.8. The third kappa shape index (κ3) is 1.87. The number of ether oxygens (including phenoxy) is 1. The Morgan fingerprint density at radius 2 is 2.18 bits per heavy atom. The lowest BCUT2D eigenvalue weighted by molar-refractivity contribution is -0.165. The monoisotopic (exact) mass is 166 g/mol. The normalized spacial score (nSPS) is 37.1. The van der Waals surface area contributed by atoms with Gasteiger partial charge in [-0.2, -0.15) is 0 Å². The molecule has 1 aliphatic rings. The van der Waals surface area contributed by atoms with E-state index in [0.29, 0.717) is 0 Å². The zero-order chi connectivity index (χ0) is 8.48. The van der Waals surface area contributed by atoms with Crippen LogP contribution in [0.15, 0.2) is 0 Å². The number of hydrogen-bond acceptors (Lipinski definition) is 2. The highest BCUT2D eigenvalue weighted by molar-refractivity contribution is 4.86. The highest BCUT2D eigenvalue weighted by Gasteiger charge is 2.44. The molecule has 0 saturated heterocycles. The van der Waals surface area contributed by atoms with Crippen LogP contribution in [0.25, 0.3) is 0 Å². The number of aliphatic hydroxyl groups is 1. The molecule has 2 atom stereocenters. The first kappa shape index (κ1) is 8.87. The van der Waals surface area contributed by atoms with Gasteiger partial charge in [0.15, 0.2) is 0 Å². The lowest BCUT2D eigenvalue weighted by Gasteiger charge is -2.32. The lowest BCUT2D eigenvalue weighted by atomic mass is 9.91. The minimum Gasteiger partial charge on any atom is -0.393 e. The SMILES string of the molecule is COC1CC(O)CCC1(F)F. The molecule has 11 heavy (non-hydrogen) atoms. The molecule has 0 aliphatic heterocycles. The van der Waals surface area contributed by atoms with Gasteiger partial charge in [0.05, 0.1) is 6.10 Å². The third-order valence-corrected chi connectivity index (χ3v) is 2.05. The van der Waals surface area contributed by atoms with E-state index in [0.717, 1.165) is 0 Å². The van der Waals surface area contributed by atoms with Crippen molar-refractivity contribution < 1.29 is 18.6 Å². The molecule has 0 spiro atoms. The molecule has 1 fully saturated rings. The summed E-state index contributed by atoms with van der Waals surface area (Å²) < 4.78 is 30.2. The summed E-state index contributed by atoms with van der Waals surface area (Å²) in [4.78, 5) is 0. The maximum Gasteiger partial charge on any atom is 0.273 e. The first-order valence-corrected chi connectivity index (χ1v) is 3.65. The Morgan fingerprint density at radius 1 is 1.55 bits per heavy atom. The first-order chi connectivity index (χ1) is 5.06. The van der Waals surface area contributed by atoms with Crippen LogP contribution in [0.1, 0.15) is 19.3 Å². The predicted molar refractivity (Wildman–Crippen MR) is 35.6 cm³/mol. The van der Waals surface area contributed by atoms with E-state index in [1.165, 1.54) is 7.11 Å². The summed E-state index contributed by atoms with van der Waals surface area (Å²) in [7, 11) is 1.25. The van der Waals surface area contributed by atoms with E-state index in [-0.39, 0.29) is 19.3 Å². The number of halogens is 2. The minimum atomic E-state index is -2.76. The van der Waals surface area contributed by atoms with E-state index in [1.807, 2.05) is 0 Å². The molecule has 1 rings (SSSR count). The number of hydrogen-bond donors (Lipinski definition) is 1. The second kappa shape index (κ2) is 3.03. The quantitative estimate of drug-likeness (QED) is 0.633. The second-order valence-corrected chi connectivity index (χ2v) is 2.91. The summed E-state index contributed by atoms with van der Waals surface area (Å²) in [6.45, 7) is 0. The lowest BCUT2D eigenvalue weighted by Crippen LogP contribution is -2.42. The summed E-state index contributed by atoms with van der Waals surface area (Å²) in [6, 6.07) is 0. The van der Waals surface area contributed by atoms with Gasteiger partial charge in [0.2, 0.25) is 0 Å². The van der Waals surface area contributed by atoms with E-state index >= 15 is 0 Å². The summed E-state index contributed by atoms with van der Waals surface area (Å²) in [5.41, 5.74) is 0. The molecular formula is C7H12F2O2. The van der Waals surface area contributed by atoms with Crippen LogP contribution in [0.5, 0.6) is 0 Å². The van der Waals surface area contributed by atoms with E-state index in [9.17, 15) is 8.78 Å². The number of methoxy groups -OCH3 is 1. The average molecular weight is 166 g/mol. The molecule has 0 amide bonds. The molecule has 4 heteroatoms. The highest BCUT2D eigenvalue weighted by Crippen LogP contribution is 2.35. The van der Waals surface area contributed by atoms with Crippen LogP contribution in [0, 0.1) is 0 Å². The molecule has 66 valence electrons.